The second-order valence-electron chi connectivity index (χ2n) is 4.29. The molecule has 1 aliphatic rings. The third-order valence-corrected chi connectivity index (χ3v) is 3.37. The summed E-state index contributed by atoms with van der Waals surface area (Å²) in [4.78, 5) is 12.0. The highest BCUT2D eigenvalue weighted by atomic mass is 35.5. The van der Waals surface area contributed by atoms with Crippen molar-refractivity contribution in [2.24, 2.45) is 13.0 Å². The van der Waals surface area contributed by atoms with Crippen molar-refractivity contribution in [1.29, 1.82) is 0 Å². The average molecular weight is 242 g/mol. The molecule has 88 valence electrons. The number of carbonyl (C=O) groups is 1. The van der Waals surface area contributed by atoms with Gasteiger partial charge in [0.1, 0.15) is 5.69 Å². The molecular formula is C11H16ClN3O. The maximum absolute atomic E-state index is 12.0. The summed E-state index contributed by atoms with van der Waals surface area (Å²) >= 11 is 5.94. The third-order valence-electron chi connectivity index (χ3n) is 3.09. The van der Waals surface area contributed by atoms with E-state index >= 15 is 0 Å². The minimum atomic E-state index is 0.108. The topological polar surface area (TPSA) is 46.9 Å². The van der Waals surface area contributed by atoms with Gasteiger partial charge in [-0.3, -0.25) is 9.48 Å². The first-order valence-corrected chi connectivity index (χ1v) is 5.97. The minimum absolute atomic E-state index is 0.108. The maximum atomic E-state index is 12.0. The van der Waals surface area contributed by atoms with Crippen LogP contribution in [0.5, 0.6) is 0 Å². The molecule has 0 radical (unpaired) electrons. The first-order chi connectivity index (χ1) is 7.68. The SMILES string of the molecule is Cn1ncc(Cl)c1C(=O)CC1CCNCC1. The summed E-state index contributed by atoms with van der Waals surface area (Å²) in [6, 6.07) is 0. The van der Waals surface area contributed by atoms with Gasteiger partial charge < -0.3 is 5.32 Å². The van der Waals surface area contributed by atoms with E-state index in [9.17, 15) is 4.79 Å². The van der Waals surface area contributed by atoms with E-state index < -0.39 is 0 Å². The highest BCUT2D eigenvalue weighted by Crippen LogP contribution is 2.22. The second-order valence-corrected chi connectivity index (χ2v) is 4.69. The number of aromatic nitrogens is 2. The van der Waals surface area contributed by atoms with E-state index in [1.165, 1.54) is 6.20 Å². The number of rotatable bonds is 3. The van der Waals surface area contributed by atoms with Gasteiger partial charge in [-0.2, -0.15) is 5.10 Å². The van der Waals surface area contributed by atoms with Gasteiger partial charge in [-0.1, -0.05) is 11.6 Å². The zero-order chi connectivity index (χ0) is 11.5. The number of hydrogen-bond acceptors (Lipinski definition) is 3. The molecule has 0 aliphatic carbocycles. The van der Waals surface area contributed by atoms with Crippen LogP contribution in [-0.4, -0.2) is 28.7 Å². The van der Waals surface area contributed by atoms with Crippen molar-refractivity contribution in [3.05, 3.63) is 16.9 Å². The Hall–Kier alpha value is -0.870. The minimum Gasteiger partial charge on any atom is -0.317 e. The summed E-state index contributed by atoms with van der Waals surface area (Å²) in [5.41, 5.74) is 0.542. The van der Waals surface area contributed by atoms with Crippen molar-refractivity contribution in [3.63, 3.8) is 0 Å². The normalized spacial score (nSPS) is 17.6. The Morgan fingerprint density at radius 3 is 2.88 bits per heavy atom. The van der Waals surface area contributed by atoms with Gasteiger partial charge in [0.15, 0.2) is 5.78 Å². The number of carbonyl (C=O) groups excluding carboxylic acids is 1. The first kappa shape index (κ1) is 11.6. The Balaban J connectivity index is 2.02. The van der Waals surface area contributed by atoms with Crippen molar-refractivity contribution in [3.8, 4) is 0 Å². The van der Waals surface area contributed by atoms with Crippen molar-refractivity contribution >= 4 is 17.4 Å². The summed E-state index contributed by atoms with van der Waals surface area (Å²) in [6.07, 6.45) is 4.25. The molecular weight excluding hydrogens is 226 g/mol. The summed E-state index contributed by atoms with van der Waals surface area (Å²) in [6.45, 7) is 2.02. The predicted molar refractivity (Wildman–Crippen MR) is 62.8 cm³/mol. The summed E-state index contributed by atoms with van der Waals surface area (Å²) in [5.74, 6) is 0.594. The molecule has 0 atom stereocenters. The third kappa shape index (κ3) is 2.44. The largest absolute Gasteiger partial charge is 0.317 e. The van der Waals surface area contributed by atoms with Crippen molar-refractivity contribution < 1.29 is 4.79 Å². The zero-order valence-electron chi connectivity index (χ0n) is 9.37. The van der Waals surface area contributed by atoms with Gasteiger partial charge in [-0.15, -0.1) is 0 Å². The average Bonchev–Trinajstić information content (AvgIpc) is 2.60. The van der Waals surface area contributed by atoms with Gasteiger partial charge in [0.2, 0.25) is 0 Å². The van der Waals surface area contributed by atoms with Crippen molar-refractivity contribution in [1.82, 2.24) is 15.1 Å². The Labute approximate surface area is 100.0 Å². The summed E-state index contributed by atoms with van der Waals surface area (Å²) in [7, 11) is 1.75. The molecule has 1 aromatic rings. The Morgan fingerprint density at radius 1 is 1.62 bits per heavy atom. The number of nitrogens with zero attached hydrogens (tertiary/aromatic N) is 2. The molecule has 0 saturated carbocycles. The van der Waals surface area contributed by atoms with Crippen LogP contribution in [0.4, 0.5) is 0 Å². The van der Waals surface area contributed by atoms with Gasteiger partial charge >= 0.3 is 0 Å². The van der Waals surface area contributed by atoms with Crippen LogP contribution < -0.4 is 5.32 Å². The lowest BCUT2D eigenvalue weighted by Crippen LogP contribution is -2.29. The fourth-order valence-corrected chi connectivity index (χ4v) is 2.44. The predicted octanol–water partition coefficient (Wildman–Crippen LogP) is 1.65. The Kier molecular flexibility index (Phi) is 3.61. The van der Waals surface area contributed by atoms with E-state index in [2.05, 4.69) is 10.4 Å². The molecule has 1 fully saturated rings. The second kappa shape index (κ2) is 4.97. The van der Waals surface area contributed by atoms with Crippen LogP contribution >= 0.6 is 11.6 Å². The molecule has 0 amide bonds. The van der Waals surface area contributed by atoms with E-state index in [1.807, 2.05) is 0 Å². The van der Waals surface area contributed by atoms with E-state index in [0.717, 1.165) is 25.9 Å². The molecule has 5 heteroatoms. The first-order valence-electron chi connectivity index (χ1n) is 5.60. The molecule has 16 heavy (non-hydrogen) atoms. The van der Waals surface area contributed by atoms with E-state index in [0.29, 0.717) is 23.1 Å². The number of hydrogen-bond donors (Lipinski definition) is 1. The highest BCUT2D eigenvalue weighted by Gasteiger charge is 2.21. The molecule has 4 nitrogen and oxygen atoms in total. The van der Waals surface area contributed by atoms with Gasteiger partial charge in [0, 0.05) is 13.5 Å². The number of nitrogens with one attached hydrogen (secondary N) is 1. The molecule has 2 heterocycles. The number of halogens is 1. The molecule has 0 bridgehead atoms. The van der Waals surface area contributed by atoms with Crippen LogP contribution in [0.15, 0.2) is 6.20 Å². The van der Waals surface area contributed by atoms with Crippen molar-refractivity contribution in [2.45, 2.75) is 19.3 Å². The van der Waals surface area contributed by atoms with Gasteiger partial charge in [-0.25, -0.2) is 0 Å². The van der Waals surface area contributed by atoms with Crippen LogP contribution in [0.1, 0.15) is 29.8 Å². The number of Topliss-reactive ketones (excluding diaryl/α,β-unsaturated/α-hetero) is 1. The quantitative estimate of drug-likeness (QED) is 0.819. The molecule has 1 saturated heterocycles. The Bertz CT molecular complexity index is 363. The molecule has 0 unspecified atom stereocenters. The van der Waals surface area contributed by atoms with Crippen LogP contribution in [0, 0.1) is 5.92 Å². The molecule has 0 spiro atoms. The number of piperidine rings is 1. The maximum Gasteiger partial charge on any atom is 0.182 e. The van der Waals surface area contributed by atoms with E-state index in [1.54, 1.807) is 11.7 Å². The van der Waals surface area contributed by atoms with Crippen LogP contribution in [0.2, 0.25) is 5.02 Å². The fraction of sp³-hybridized carbons (Fsp3) is 0.636. The summed E-state index contributed by atoms with van der Waals surface area (Å²) < 4.78 is 1.56. The lowest BCUT2D eigenvalue weighted by atomic mass is 9.92. The monoisotopic (exact) mass is 241 g/mol. The fourth-order valence-electron chi connectivity index (χ4n) is 2.17. The number of aryl methyl sites for hydroxylation is 1. The van der Waals surface area contributed by atoms with E-state index in [4.69, 9.17) is 11.6 Å². The molecule has 1 N–H and O–H groups in total. The lowest BCUT2D eigenvalue weighted by molar-refractivity contribution is 0.0943. The van der Waals surface area contributed by atoms with Crippen LogP contribution in [-0.2, 0) is 7.05 Å². The van der Waals surface area contributed by atoms with Crippen LogP contribution in [0.25, 0.3) is 0 Å². The zero-order valence-corrected chi connectivity index (χ0v) is 10.1. The van der Waals surface area contributed by atoms with Gasteiger partial charge in [0.25, 0.3) is 0 Å². The highest BCUT2D eigenvalue weighted by molar-refractivity contribution is 6.33. The number of ketones is 1. The standard InChI is InChI=1S/C11H16ClN3O/c1-15-11(9(12)7-14-15)10(16)6-8-2-4-13-5-3-8/h7-8,13H,2-6H2,1H3. The molecule has 1 aromatic heterocycles. The van der Waals surface area contributed by atoms with Crippen molar-refractivity contribution in [2.75, 3.05) is 13.1 Å². The van der Waals surface area contributed by atoms with Gasteiger partial charge in [0.05, 0.1) is 11.2 Å². The molecule has 0 aromatic carbocycles. The molecule has 2 rings (SSSR count). The summed E-state index contributed by atoms with van der Waals surface area (Å²) in [5, 5.41) is 7.73. The van der Waals surface area contributed by atoms with Crippen LogP contribution in [0.3, 0.4) is 0 Å². The van der Waals surface area contributed by atoms with Gasteiger partial charge in [-0.05, 0) is 31.8 Å². The Morgan fingerprint density at radius 2 is 2.31 bits per heavy atom. The molecule has 1 aliphatic heterocycles. The van der Waals surface area contributed by atoms with E-state index in [-0.39, 0.29) is 5.78 Å². The lowest BCUT2D eigenvalue weighted by Gasteiger charge is -2.21. The smallest absolute Gasteiger partial charge is 0.182 e.